The summed E-state index contributed by atoms with van der Waals surface area (Å²) in [4.78, 5) is 38.1. The van der Waals surface area contributed by atoms with Gasteiger partial charge in [0.25, 0.3) is 0 Å². The maximum Gasteiger partial charge on any atom is 0.306 e. The first-order valence-electron chi connectivity index (χ1n) is 32.4. The van der Waals surface area contributed by atoms with E-state index in [2.05, 4.69) is 130 Å². The molecule has 0 aromatic heterocycles. The molecular formula is C71H120O6. The molecule has 0 heterocycles. The Morgan fingerprint density at radius 1 is 0.273 bits per heavy atom. The van der Waals surface area contributed by atoms with Crippen LogP contribution in [0, 0.1) is 0 Å². The highest BCUT2D eigenvalue weighted by Crippen LogP contribution is 2.16. The second-order valence-corrected chi connectivity index (χ2v) is 21.3. The summed E-state index contributed by atoms with van der Waals surface area (Å²) in [5.74, 6) is -0.882. The van der Waals surface area contributed by atoms with Crippen molar-refractivity contribution >= 4 is 17.9 Å². The summed E-state index contributed by atoms with van der Waals surface area (Å²) in [6.07, 6.45) is 88.4. The van der Waals surface area contributed by atoms with Gasteiger partial charge >= 0.3 is 17.9 Å². The van der Waals surface area contributed by atoms with Crippen molar-refractivity contribution in [2.24, 2.45) is 0 Å². The minimum atomic E-state index is -0.779. The first kappa shape index (κ1) is 73.1. The van der Waals surface area contributed by atoms with Crippen molar-refractivity contribution in [1.82, 2.24) is 0 Å². The molecule has 0 fully saturated rings. The average Bonchev–Trinajstić information content (AvgIpc) is 3.43. The number of esters is 3. The van der Waals surface area contributed by atoms with Crippen LogP contribution in [0.3, 0.4) is 0 Å². The smallest absolute Gasteiger partial charge is 0.306 e. The minimum absolute atomic E-state index is 0.0779. The summed E-state index contributed by atoms with van der Waals surface area (Å²) in [5, 5.41) is 0. The van der Waals surface area contributed by atoms with Gasteiger partial charge in [-0.1, -0.05) is 291 Å². The lowest BCUT2D eigenvalue weighted by atomic mass is 10.0. The summed E-state index contributed by atoms with van der Waals surface area (Å²) < 4.78 is 16.9. The molecule has 0 aliphatic rings. The first-order valence-corrected chi connectivity index (χ1v) is 32.4. The second kappa shape index (κ2) is 64.6. The Kier molecular flexibility index (Phi) is 61.3. The zero-order chi connectivity index (χ0) is 55.7. The molecule has 1 atom stereocenters. The zero-order valence-corrected chi connectivity index (χ0v) is 50.4. The van der Waals surface area contributed by atoms with Crippen LogP contribution in [0.5, 0.6) is 0 Å². The van der Waals surface area contributed by atoms with E-state index in [0.717, 1.165) is 116 Å². The lowest BCUT2D eigenvalue weighted by Gasteiger charge is -2.18. The lowest BCUT2D eigenvalue weighted by Crippen LogP contribution is -2.30. The molecule has 1 unspecified atom stereocenters. The van der Waals surface area contributed by atoms with Crippen molar-refractivity contribution in [3.05, 3.63) is 109 Å². The van der Waals surface area contributed by atoms with E-state index in [4.69, 9.17) is 14.2 Å². The molecule has 0 radical (unpaired) electrons. The molecule has 440 valence electrons. The molecule has 77 heavy (non-hydrogen) atoms. The third kappa shape index (κ3) is 62.8. The molecule has 0 aromatic carbocycles. The second-order valence-electron chi connectivity index (χ2n) is 21.3. The lowest BCUT2D eigenvalue weighted by molar-refractivity contribution is -0.167. The highest BCUT2D eigenvalue weighted by molar-refractivity contribution is 5.71. The molecule has 0 aliphatic carbocycles. The van der Waals surface area contributed by atoms with Crippen LogP contribution >= 0.6 is 0 Å². The third-order valence-corrected chi connectivity index (χ3v) is 13.8. The van der Waals surface area contributed by atoms with Gasteiger partial charge in [0.2, 0.25) is 0 Å². The number of rotatable bonds is 58. The number of allylic oxidation sites excluding steroid dienone is 18. The molecule has 0 saturated heterocycles. The molecule has 6 heteroatoms. The van der Waals surface area contributed by atoms with Crippen LogP contribution < -0.4 is 0 Å². The third-order valence-electron chi connectivity index (χ3n) is 13.8. The molecule has 0 spiro atoms. The van der Waals surface area contributed by atoms with E-state index in [0.29, 0.717) is 19.3 Å². The number of carbonyl (C=O) groups is 3. The van der Waals surface area contributed by atoms with Gasteiger partial charge in [0.05, 0.1) is 0 Å². The van der Waals surface area contributed by atoms with E-state index in [1.807, 2.05) is 0 Å². The van der Waals surface area contributed by atoms with Crippen LogP contribution in [0.25, 0.3) is 0 Å². The van der Waals surface area contributed by atoms with Crippen LogP contribution in [0.1, 0.15) is 303 Å². The molecule has 0 aromatic rings. The van der Waals surface area contributed by atoms with E-state index >= 15 is 0 Å². The standard InChI is InChI=1S/C71H120O6/c1-4-7-10-13-16-18-20-22-24-26-28-30-32-34-35-37-38-40-42-44-46-48-50-52-55-58-61-64-70(73)76-67-68(66-75-69(72)63-60-57-54-15-12-9-6-3)77-71(74)65-62-59-56-53-51-49-47-45-43-41-39-36-33-31-29-27-25-23-21-19-17-14-11-8-5-2/h7-8,10-11,16-19,22-25,28-31,34-35,68H,4-6,9,12-15,20-21,26-27,32-33,36-67H2,1-3H3/b10-7-,11-8-,18-16-,19-17-,24-22-,25-23-,30-28-,31-29-,35-34-. The summed E-state index contributed by atoms with van der Waals surface area (Å²) in [6.45, 7) is 6.39. The Balaban J connectivity index is 4.14. The first-order chi connectivity index (χ1) is 38.0. The predicted molar refractivity (Wildman–Crippen MR) is 334 cm³/mol. The van der Waals surface area contributed by atoms with Gasteiger partial charge in [-0.05, 0) is 103 Å². The Bertz CT molecular complexity index is 1560. The number of carbonyl (C=O) groups excluding carboxylic acids is 3. The average molecular weight is 1070 g/mol. The predicted octanol–water partition coefficient (Wildman–Crippen LogP) is 22.2. The van der Waals surface area contributed by atoms with Gasteiger partial charge in [0, 0.05) is 19.3 Å². The van der Waals surface area contributed by atoms with Gasteiger partial charge in [0.1, 0.15) is 13.2 Å². The van der Waals surface area contributed by atoms with Crippen molar-refractivity contribution in [2.45, 2.75) is 309 Å². The van der Waals surface area contributed by atoms with E-state index in [-0.39, 0.29) is 31.1 Å². The van der Waals surface area contributed by atoms with Gasteiger partial charge in [-0.2, -0.15) is 0 Å². The maximum absolute atomic E-state index is 12.9. The fourth-order valence-electron chi connectivity index (χ4n) is 8.99. The molecule has 0 saturated carbocycles. The summed E-state index contributed by atoms with van der Waals surface area (Å²) in [6, 6.07) is 0. The normalized spacial score (nSPS) is 12.8. The summed E-state index contributed by atoms with van der Waals surface area (Å²) in [5.41, 5.74) is 0. The largest absolute Gasteiger partial charge is 0.462 e. The van der Waals surface area contributed by atoms with Crippen molar-refractivity contribution in [3.8, 4) is 0 Å². The molecule has 0 amide bonds. The monoisotopic (exact) mass is 1070 g/mol. The van der Waals surface area contributed by atoms with Crippen LogP contribution in [0.15, 0.2) is 109 Å². The summed E-state index contributed by atoms with van der Waals surface area (Å²) in [7, 11) is 0. The highest BCUT2D eigenvalue weighted by Gasteiger charge is 2.19. The van der Waals surface area contributed by atoms with Crippen LogP contribution in [-0.4, -0.2) is 37.2 Å². The number of hydrogen-bond acceptors (Lipinski definition) is 6. The number of unbranched alkanes of at least 4 members (excludes halogenated alkanes) is 29. The van der Waals surface area contributed by atoms with E-state index in [9.17, 15) is 14.4 Å². The van der Waals surface area contributed by atoms with Gasteiger partial charge in [-0.3, -0.25) is 14.4 Å². The van der Waals surface area contributed by atoms with Gasteiger partial charge in [0.15, 0.2) is 6.10 Å². The molecule has 0 bridgehead atoms. The van der Waals surface area contributed by atoms with E-state index < -0.39 is 6.10 Å². The van der Waals surface area contributed by atoms with Crippen molar-refractivity contribution < 1.29 is 28.6 Å². The van der Waals surface area contributed by atoms with E-state index in [1.165, 1.54) is 148 Å². The zero-order valence-electron chi connectivity index (χ0n) is 50.4. The molecule has 0 rings (SSSR count). The van der Waals surface area contributed by atoms with Crippen LogP contribution in [0.4, 0.5) is 0 Å². The van der Waals surface area contributed by atoms with Crippen molar-refractivity contribution in [3.63, 3.8) is 0 Å². The van der Waals surface area contributed by atoms with Crippen molar-refractivity contribution in [2.75, 3.05) is 13.2 Å². The van der Waals surface area contributed by atoms with Crippen LogP contribution in [0.2, 0.25) is 0 Å². The van der Waals surface area contributed by atoms with Gasteiger partial charge in [-0.25, -0.2) is 0 Å². The quantitative estimate of drug-likeness (QED) is 0.0261. The Morgan fingerprint density at radius 2 is 0.506 bits per heavy atom. The fraction of sp³-hybridized carbons (Fsp3) is 0.704. The van der Waals surface area contributed by atoms with Crippen LogP contribution in [-0.2, 0) is 28.6 Å². The van der Waals surface area contributed by atoms with Crippen molar-refractivity contribution in [1.29, 1.82) is 0 Å². The maximum atomic E-state index is 12.9. The molecule has 0 N–H and O–H groups in total. The fourth-order valence-corrected chi connectivity index (χ4v) is 8.99. The Morgan fingerprint density at radius 3 is 0.792 bits per heavy atom. The Hall–Kier alpha value is -3.93. The minimum Gasteiger partial charge on any atom is -0.462 e. The molecule has 0 aliphatic heterocycles. The molecular weight excluding hydrogens is 949 g/mol. The number of hydrogen-bond donors (Lipinski definition) is 0. The van der Waals surface area contributed by atoms with E-state index in [1.54, 1.807) is 0 Å². The topological polar surface area (TPSA) is 78.9 Å². The van der Waals surface area contributed by atoms with Gasteiger partial charge < -0.3 is 14.2 Å². The number of ether oxygens (including phenoxy) is 3. The Labute approximate surface area is 476 Å². The highest BCUT2D eigenvalue weighted by atomic mass is 16.6. The summed E-state index contributed by atoms with van der Waals surface area (Å²) >= 11 is 0. The SMILES string of the molecule is CC/C=C\C/C=C\C/C=C\C/C=C\C/C=C\CCCCCCCCCCCCCC(=O)OCC(COC(=O)CCCCCCCCC)OC(=O)CCCCCCCCCCCCCC/C=C\C/C=C\C/C=C\C/C=C\CC. The molecule has 6 nitrogen and oxygen atoms in total. The van der Waals surface area contributed by atoms with Gasteiger partial charge in [-0.15, -0.1) is 0 Å².